The lowest BCUT2D eigenvalue weighted by Crippen LogP contribution is -2.30. The fraction of sp³-hybridized carbons (Fsp3) is 0.0769. The summed E-state index contributed by atoms with van der Waals surface area (Å²) in [4.78, 5) is 4.71. The molecular weight excluding hydrogens is 356 g/mol. The molecule has 0 spiro atoms. The van der Waals surface area contributed by atoms with Crippen LogP contribution in [0.4, 0.5) is 0 Å². The zero-order valence-electron chi connectivity index (χ0n) is 16.3. The molecule has 6 aromatic rings. The van der Waals surface area contributed by atoms with Crippen LogP contribution in [0.15, 0.2) is 83.5 Å². The molecule has 3 heteroatoms. The maximum Gasteiger partial charge on any atom is 0.227 e. The van der Waals surface area contributed by atoms with E-state index >= 15 is 0 Å². The van der Waals surface area contributed by atoms with E-state index < -0.39 is 0 Å². The highest BCUT2D eigenvalue weighted by molar-refractivity contribution is 6.23. The van der Waals surface area contributed by atoms with E-state index in [0.29, 0.717) is 5.71 Å². The van der Waals surface area contributed by atoms with Crippen molar-refractivity contribution in [3.63, 3.8) is 0 Å². The summed E-state index contributed by atoms with van der Waals surface area (Å²) in [5, 5.41) is 6.98. The van der Waals surface area contributed by atoms with Crippen LogP contribution in [0.1, 0.15) is 5.56 Å². The van der Waals surface area contributed by atoms with E-state index in [1.807, 2.05) is 12.3 Å². The highest BCUT2D eigenvalue weighted by Gasteiger charge is 2.21. The average molecular weight is 375 g/mol. The van der Waals surface area contributed by atoms with Gasteiger partial charge >= 0.3 is 0 Å². The van der Waals surface area contributed by atoms with Crippen LogP contribution in [-0.4, -0.2) is 4.98 Å². The van der Waals surface area contributed by atoms with Crippen molar-refractivity contribution >= 4 is 43.6 Å². The van der Waals surface area contributed by atoms with Gasteiger partial charge in [0, 0.05) is 29.1 Å². The molecule has 0 unspecified atom stereocenters. The topological polar surface area (TPSA) is 29.9 Å². The zero-order valence-corrected chi connectivity index (χ0v) is 16.3. The summed E-state index contributed by atoms with van der Waals surface area (Å²) in [6.45, 7) is 2.13. The number of rotatable bonds is 1. The fourth-order valence-electron chi connectivity index (χ4n) is 4.48. The lowest BCUT2D eigenvalue weighted by molar-refractivity contribution is -0.660. The van der Waals surface area contributed by atoms with Crippen LogP contribution in [0, 0.1) is 6.92 Å². The van der Waals surface area contributed by atoms with Crippen LogP contribution in [0.3, 0.4) is 0 Å². The Morgan fingerprint density at radius 2 is 1.62 bits per heavy atom. The van der Waals surface area contributed by atoms with Gasteiger partial charge in [-0.05, 0) is 34.7 Å². The van der Waals surface area contributed by atoms with Crippen molar-refractivity contribution in [1.82, 2.24) is 4.98 Å². The number of pyridine rings is 2. The average Bonchev–Trinajstić information content (AvgIpc) is 3.13. The summed E-state index contributed by atoms with van der Waals surface area (Å²) in [5.41, 5.74) is 5.03. The Morgan fingerprint density at radius 1 is 0.793 bits per heavy atom. The summed E-state index contributed by atoms with van der Waals surface area (Å²) in [5.74, 6) is 0. The van der Waals surface area contributed by atoms with Crippen molar-refractivity contribution in [3.05, 3.63) is 84.7 Å². The van der Waals surface area contributed by atoms with Gasteiger partial charge < -0.3 is 4.42 Å². The van der Waals surface area contributed by atoms with Crippen molar-refractivity contribution < 1.29 is 8.98 Å². The molecule has 0 atom stereocenters. The van der Waals surface area contributed by atoms with Gasteiger partial charge in [0.2, 0.25) is 11.4 Å². The third-order valence-corrected chi connectivity index (χ3v) is 5.91. The largest absolute Gasteiger partial charge is 0.437 e. The summed E-state index contributed by atoms with van der Waals surface area (Å²) in [6.07, 6.45) is 4.01. The Morgan fingerprint density at radius 3 is 2.52 bits per heavy atom. The van der Waals surface area contributed by atoms with Crippen LogP contribution in [-0.2, 0) is 7.05 Å². The molecule has 0 bridgehead atoms. The van der Waals surface area contributed by atoms with Crippen LogP contribution < -0.4 is 4.57 Å². The molecule has 0 aliphatic rings. The molecule has 0 amide bonds. The highest BCUT2D eigenvalue weighted by atomic mass is 16.3. The van der Waals surface area contributed by atoms with Crippen molar-refractivity contribution in [2.75, 3.05) is 0 Å². The Kier molecular flexibility index (Phi) is 3.30. The minimum absolute atomic E-state index is 0.688. The number of nitrogens with zero attached hydrogens (tertiary/aromatic N) is 2. The van der Waals surface area contributed by atoms with E-state index in [1.165, 1.54) is 21.7 Å². The van der Waals surface area contributed by atoms with Crippen molar-refractivity contribution in [2.24, 2.45) is 7.05 Å². The van der Waals surface area contributed by atoms with Crippen LogP contribution >= 0.6 is 0 Å². The van der Waals surface area contributed by atoms with Gasteiger partial charge in [-0.15, -0.1) is 0 Å². The van der Waals surface area contributed by atoms with Crippen LogP contribution in [0.5, 0.6) is 0 Å². The fourth-order valence-corrected chi connectivity index (χ4v) is 4.48. The maximum absolute atomic E-state index is 6.37. The number of aromatic nitrogens is 2. The maximum atomic E-state index is 6.37. The first-order valence-electron chi connectivity index (χ1n) is 9.80. The molecule has 3 heterocycles. The highest BCUT2D eigenvalue weighted by Crippen LogP contribution is 2.40. The second-order valence-corrected chi connectivity index (χ2v) is 7.62. The Bertz CT molecular complexity index is 1580. The number of fused-ring (bicyclic) bond motifs is 7. The van der Waals surface area contributed by atoms with E-state index in [2.05, 4.69) is 85.4 Å². The minimum atomic E-state index is 0.688. The minimum Gasteiger partial charge on any atom is -0.437 e. The molecule has 0 radical (unpaired) electrons. The molecule has 3 aromatic heterocycles. The number of hydrogen-bond donors (Lipinski definition) is 0. The van der Waals surface area contributed by atoms with Gasteiger partial charge in [0.05, 0.1) is 10.9 Å². The van der Waals surface area contributed by atoms with Gasteiger partial charge in [-0.3, -0.25) is 0 Å². The van der Waals surface area contributed by atoms with E-state index in [1.54, 1.807) is 0 Å². The summed E-state index contributed by atoms with van der Waals surface area (Å²) < 4.78 is 8.50. The quantitative estimate of drug-likeness (QED) is 0.257. The Labute approximate surface area is 167 Å². The molecule has 0 aliphatic heterocycles. The zero-order chi connectivity index (χ0) is 19.5. The molecule has 29 heavy (non-hydrogen) atoms. The second-order valence-electron chi connectivity index (χ2n) is 7.62. The Hall–Kier alpha value is -3.72. The molecule has 0 N–H and O–H groups in total. The number of benzene rings is 3. The normalized spacial score (nSPS) is 11.8. The predicted octanol–water partition coefficient (Wildman–Crippen LogP) is 6.09. The van der Waals surface area contributed by atoms with E-state index in [-0.39, 0.29) is 0 Å². The van der Waals surface area contributed by atoms with Crippen molar-refractivity contribution in [1.29, 1.82) is 0 Å². The summed E-state index contributed by atoms with van der Waals surface area (Å²) >= 11 is 0. The van der Waals surface area contributed by atoms with Crippen molar-refractivity contribution in [3.8, 4) is 11.3 Å². The first-order chi connectivity index (χ1) is 14.2. The lowest BCUT2D eigenvalue weighted by atomic mass is 9.98. The monoisotopic (exact) mass is 375 g/mol. The molecule has 0 aliphatic carbocycles. The van der Waals surface area contributed by atoms with Gasteiger partial charge in [-0.2, -0.15) is 0 Å². The molecule has 0 saturated heterocycles. The molecule has 3 aromatic carbocycles. The molecule has 6 rings (SSSR count). The third-order valence-electron chi connectivity index (χ3n) is 5.91. The molecule has 3 nitrogen and oxygen atoms in total. The van der Waals surface area contributed by atoms with Gasteiger partial charge in [0.1, 0.15) is 7.05 Å². The van der Waals surface area contributed by atoms with Crippen LogP contribution in [0.2, 0.25) is 0 Å². The van der Waals surface area contributed by atoms with Gasteiger partial charge in [-0.25, -0.2) is 9.55 Å². The first kappa shape index (κ1) is 16.3. The number of hydrogen-bond acceptors (Lipinski definition) is 2. The standard InChI is InChI=1S/C26H19N2O/c1-16-10-12-20-24-19-13-11-17-7-3-4-8-18(17)21(19)15-27-26(24)29-25(20)23(16)22-9-5-6-14-28(22)2/h3-15H,1-2H3/q+1. The first-order valence-corrected chi connectivity index (χ1v) is 9.80. The predicted molar refractivity (Wildman–Crippen MR) is 118 cm³/mol. The van der Waals surface area contributed by atoms with Gasteiger partial charge in [0.25, 0.3) is 0 Å². The molecule has 138 valence electrons. The molecule has 0 saturated carbocycles. The van der Waals surface area contributed by atoms with Crippen LogP contribution in [0.25, 0.3) is 54.9 Å². The summed E-state index contributed by atoms with van der Waals surface area (Å²) in [7, 11) is 2.07. The van der Waals surface area contributed by atoms with E-state index in [4.69, 9.17) is 9.40 Å². The summed E-state index contributed by atoms with van der Waals surface area (Å²) in [6, 6.07) is 23.4. The van der Waals surface area contributed by atoms with Gasteiger partial charge in [0.15, 0.2) is 11.8 Å². The third kappa shape index (κ3) is 2.24. The van der Waals surface area contributed by atoms with Gasteiger partial charge in [-0.1, -0.05) is 48.5 Å². The Balaban J connectivity index is 1.80. The van der Waals surface area contributed by atoms with E-state index in [0.717, 1.165) is 33.0 Å². The molecular formula is C26H19N2O+. The van der Waals surface area contributed by atoms with E-state index in [9.17, 15) is 0 Å². The number of furan rings is 1. The smallest absolute Gasteiger partial charge is 0.227 e. The number of aryl methyl sites for hydroxylation is 2. The second kappa shape index (κ2) is 5.89. The molecule has 0 fully saturated rings. The van der Waals surface area contributed by atoms with Crippen molar-refractivity contribution in [2.45, 2.75) is 6.92 Å². The lowest BCUT2D eigenvalue weighted by Gasteiger charge is -2.05. The SMILES string of the molecule is Cc1ccc2c(oc3ncc4c5ccccc5ccc4c32)c1-c1cccc[n+]1C.